The molecule has 3 aliphatic carbocycles. The number of benzene rings is 1. The molecule has 29 heteroatoms. The molecule has 1 unspecified atom stereocenters. The summed E-state index contributed by atoms with van der Waals surface area (Å²) in [5, 5.41) is 16.0. The number of hydrogen-bond donors (Lipinski definition) is 2. The number of carbonyl (C=O) groups excluding carboxylic acids is 8. The summed E-state index contributed by atoms with van der Waals surface area (Å²) < 4.78 is 88.1. The molecular formula is C52H60Cl6F2N2O19. The molecule has 6 rings (SSSR count). The predicted molar refractivity (Wildman–Crippen MR) is 283 cm³/mol. The number of Topliss-reactive ketones (excluding diaryl/α,β-unsaturated/α-hetero) is 1. The molecule has 1 aliphatic heterocycles. The molecule has 0 spiro atoms. The fourth-order valence-electron chi connectivity index (χ4n) is 10.8. The van der Waals surface area contributed by atoms with Crippen LogP contribution in [0.15, 0.2) is 59.8 Å². The molecule has 1 aromatic carbocycles. The molecule has 0 radical (unpaired) electrons. The summed E-state index contributed by atoms with van der Waals surface area (Å²) in [7, 11) is 0. The van der Waals surface area contributed by atoms with Gasteiger partial charge in [-0.05, 0) is 90.8 Å². The highest BCUT2D eigenvalue weighted by atomic mass is 35.6. The third kappa shape index (κ3) is 13.9. The Bertz CT molecular complexity index is 2830. The Kier molecular flexibility index (Phi) is 18.8. The highest BCUT2D eigenvalue weighted by molar-refractivity contribution is 6.68. The van der Waals surface area contributed by atoms with E-state index in [1.165, 1.54) is 86.6 Å². The van der Waals surface area contributed by atoms with E-state index in [1.807, 2.05) is 5.32 Å². The van der Waals surface area contributed by atoms with Gasteiger partial charge in [-0.15, -0.1) is 0 Å². The van der Waals surface area contributed by atoms with Crippen molar-refractivity contribution in [1.29, 1.82) is 0 Å². The molecule has 3 fully saturated rings. The number of carbonyl (C=O) groups is 8. The normalized spacial score (nSPS) is 27.7. The second-order valence-electron chi connectivity index (χ2n) is 22.5. The van der Waals surface area contributed by atoms with Crippen LogP contribution in [-0.2, 0) is 61.8 Å². The maximum atomic E-state index is 17.6. The van der Waals surface area contributed by atoms with E-state index in [0.717, 1.165) is 32.2 Å². The van der Waals surface area contributed by atoms with Crippen molar-refractivity contribution in [1.82, 2.24) is 9.88 Å². The Morgan fingerprint density at radius 1 is 0.815 bits per heavy atom. The van der Waals surface area contributed by atoms with E-state index in [0.29, 0.717) is 4.57 Å². The molecule has 2 N–H and O–H groups in total. The van der Waals surface area contributed by atoms with Gasteiger partial charge in [-0.25, -0.2) is 28.8 Å². The van der Waals surface area contributed by atoms with Crippen LogP contribution < -0.4 is 5.32 Å². The number of fused-ring (bicyclic) bond motifs is 5. The lowest BCUT2D eigenvalue weighted by molar-refractivity contribution is -0.346. The minimum Gasteiger partial charge on any atom is -0.455 e. The van der Waals surface area contributed by atoms with Crippen molar-refractivity contribution >= 4 is 118 Å². The molecule has 2 aromatic rings. The molecule has 1 saturated heterocycles. The summed E-state index contributed by atoms with van der Waals surface area (Å²) >= 11 is 35.3. The standard InChI is InChI=1S/C52H60Cl6F2N2O19/c1-25-29(75-39(66)52(59,60)35(61-40(67)80-44(3,4)5)28-18-15-19-62(28)41(68)81-45(6,7)8)21-49(71)37(78-38(65)27-16-13-12-14-17-27)34-47(11,36(64)33(32(25)46(49,9)10)77-43(70)74-24-51(56,57)58)30(76-42(69)73-23-50(53,54)55)20-31-48(34,22-72-31)79-26(2)63/h12-19,29-31,33-35,37,71H,20-24H2,1-11H3,(H,61,67)/t29-,30-,31+,33+,34-,35?,37-,47+,48-,49+/m0/s1. The first-order valence-corrected chi connectivity index (χ1v) is 27.1. The summed E-state index contributed by atoms with van der Waals surface area (Å²) in [4.78, 5) is 114. The highest BCUT2D eigenvalue weighted by Gasteiger charge is 2.79. The van der Waals surface area contributed by atoms with Crippen molar-refractivity contribution < 1.29 is 99.6 Å². The second kappa shape index (κ2) is 23.3. The number of nitrogens with zero attached hydrogens (tertiary/aromatic N) is 1. The molecule has 1 amide bonds. The van der Waals surface area contributed by atoms with Gasteiger partial charge >= 0.3 is 48.3 Å². The number of rotatable bonds is 12. The molecule has 21 nitrogen and oxygen atoms in total. The number of alkyl halides is 8. The van der Waals surface area contributed by atoms with Crippen molar-refractivity contribution in [3.63, 3.8) is 0 Å². The van der Waals surface area contributed by atoms with Gasteiger partial charge in [0.2, 0.25) is 7.59 Å². The highest BCUT2D eigenvalue weighted by Crippen LogP contribution is 2.65. The summed E-state index contributed by atoms with van der Waals surface area (Å²) in [5.41, 5.74) is -13.9. The first-order valence-electron chi connectivity index (χ1n) is 24.8. The number of esters is 3. The van der Waals surface area contributed by atoms with Crippen LogP contribution in [0.4, 0.5) is 28.0 Å². The molecule has 2 heterocycles. The smallest absolute Gasteiger partial charge is 0.455 e. The summed E-state index contributed by atoms with van der Waals surface area (Å²) in [6, 6.07) is 6.48. The first kappa shape index (κ1) is 65.3. The molecule has 448 valence electrons. The van der Waals surface area contributed by atoms with Gasteiger partial charge in [0, 0.05) is 31.4 Å². The maximum absolute atomic E-state index is 17.6. The Hall–Kier alpha value is -4.88. The number of nitrogens with one attached hydrogen (secondary N) is 1. The summed E-state index contributed by atoms with van der Waals surface area (Å²) in [6.07, 6.45) is -16.7. The van der Waals surface area contributed by atoms with E-state index in [9.17, 15) is 38.7 Å². The molecular weight excluding hydrogens is 1210 g/mol. The van der Waals surface area contributed by atoms with Gasteiger partial charge in [0.1, 0.15) is 60.5 Å². The number of amides is 1. The van der Waals surface area contributed by atoms with Gasteiger partial charge in [-0.2, -0.15) is 8.78 Å². The number of ether oxygens (including phenoxy) is 10. The Morgan fingerprint density at radius 2 is 1.38 bits per heavy atom. The van der Waals surface area contributed by atoms with E-state index < -0.39 is 181 Å². The summed E-state index contributed by atoms with van der Waals surface area (Å²) in [6.45, 7) is 12.2. The number of aliphatic hydroxyl groups is 1. The lowest BCUT2D eigenvalue weighted by Gasteiger charge is -2.67. The van der Waals surface area contributed by atoms with Gasteiger partial charge < -0.3 is 57.8 Å². The molecule has 1 aromatic heterocycles. The van der Waals surface area contributed by atoms with Crippen LogP contribution in [0, 0.1) is 16.7 Å². The van der Waals surface area contributed by atoms with E-state index in [-0.39, 0.29) is 11.1 Å². The van der Waals surface area contributed by atoms with Gasteiger partial charge in [-0.3, -0.25) is 14.2 Å². The van der Waals surface area contributed by atoms with Crippen LogP contribution in [-0.4, -0.2) is 144 Å². The van der Waals surface area contributed by atoms with Crippen LogP contribution in [0.5, 0.6) is 0 Å². The number of ketones is 1. The zero-order chi connectivity index (χ0) is 61.0. The van der Waals surface area contributed by atoms with Gasteiger partial charge in [0.15, 0.2) is 17.5 Å². The largest absolute Gasteiger partial charge is 0.509 e. The predicted octanol–water partition coefficient (Wildman–Crippen LogP) is 10.2. The van der Waals surface area contributed by atoms with Crippen LogP contribution in [0.25, 0.3) is 0 Å². The minimum atomic E-state index is -4.92. The van der Waals surface area contributed by atoms with Crippen LogP contribution in [0.2, 0.25) is 0 Å². The Morgan fingerprint density at radius 3 is 1.90 bits per heavy atom. The van der Waals surface area contributed by atoms with Crippen LogP contribution in [0.1, 0.15) is 111 Å². The van der Waals surface area contributed by atoms with Crippen LogP contribution in [0.3, 0.4) is 0 Å². The van der Waals surface area contributed by atoms with Crippen molar-refractivity contribution in [3.8, 4) is 0 Å². The van der Waals surface area contributed by atoms with E-state index in [4.69, 9.17) is 117 Å². The number of aromatic nitrogens is 1. The molecule has 2 saturated carbocycles. The van der Waals surface area contributed by atoms with Gasteiger partial charge in [0.25, 0.3) is 0 Å². The minimum absolute atomic E-state index is 0.154. The maximum Gasteiger partial charge on any atom is 0.509 e. The fraction of sp³-hybridized carbons (Fsp3) is 0.615. The number of alkyl carbamates (subject to hydrolysis) is 1. The Balaban J connectivity index is 1.63. The third-order valence-corrected chi connectivity index (χ3v) is 14.9. The molecule has 4 aliphatic rings. The van der Waals surface area contributed by atoms with Gasteiger partial charge in [0.05, 0.1) is 29.2 Å². The van der Waals surface area contributed by atoms with Crippen molar-refractivity contribution in [2.24, 2.45) is 16.7 Å². The summed E-state index contributed by atoms with van der Waals surface area (Å²) in [5.74, 6) is -12.9. The zero-order valence-corrected chi connectivity index (χ0v) is 50.0. The third-order valence-electron chi connectivity index (χ3n) is 14.2. The van der Waals surface area contributed by atoms with Crippen LogP contribution >= 0.6 is 69.6 Å². The lowest BCUT2D eigenvalue weighted by atomic mass is 9.44. The number of hydrogen-bond acceptors (Lipinski definition) is 19. The molecule has 10 atom stereocenters. The van der Waals surface area contributed by atoms with E-state index >= 15 is 13.6 Å². The van der Waals surface area contributed by atoms with E-state index in [1.54, 1.807) is 6.07 Å². The van der Waals surface area contributed by atoms with Gasteiger partial charge in [-0.1, -0.05) is 102 Å². The number of halogens is 8. The van der Waals surface area contributed by atoms with Crippen molar-refractivity contribution in [3.05, 3.63) is 71.1 Å². The fourth-order valence-corrected chi connectivity index (χ4v) is 11.1. The average molecular weight is 1270 g/mol. The molecule has 81 heavy (non-hydrogen) atoms. The van der Waals surface area contributed by atoms with E-state index in [2.05, 4.69) is 0 Å². The van der Waals surface area contributed by atoms with Crippen molar-refractivity contribution in [2.45, 2.75) is 161 Å². The first-order chi connectivity index (χ1) is 37.0. The van der Waals surface area contributed by atoms with Crippen molar-refractivity contribution in [2.75, 3.05) is 19.8 Å². The molecule has 2 bridgehead atoms. The topological polar surface area (TPSA) is 266 Å². The lowest BCUT2D eigenvalue weighted by Crippen LogP contribution is -2.82. The quantitative estimate of drug-likeness (QED) is 0.0866. The zero-order valence-electron chi connectivity index (χ0n) is 45.5. The monoisotopic (exact) mass is 1260 g/mol. The Labute approximate surface area is 493 Å². The average Bonchev–Trinajstić information content (AvgIpc) is 3.94. The SMILES string of the molecule is CC(=O)O[C@@]12CO[C@@H]1C[C@H](OC(=O)OCC(Cl)(Cl)Cl)[C@@]1(C)C(=O)[C@H](OC(=O)OCC(Cl)(Cl)Cl)C3=C(C)[C@@H](OC(=O)C(F)(F)C(NC(=O)OC(C)(C)C)c4cccn4C(=O)OC(C)(C)C)C[C@@](O)([C@@H](OC(=O)c4ccccc4)[C@H]21)C3(C)C. The second-order valence-corrected chi connectivity index (χ2v) is 27.6.